The minimum atomic E-state index is -0.854. The molecule has 0 bridgehead atoms. The van der Waals surface area contributed by atoms with E-state index in [0.717, 1.165) is 16.8 Å². The van der Waals surface area contributed by atoms with Crippen LogP contribution in [0.2, 0.25) is 0 Å². The second-order valence-corrected chi connectivity index (χ2v) is 8.38. The van der Waals surface area contributed by atoms with Gasteiger partial charge in [0.15, 0.2) is 11.5 Å². The highest BCUT2D eigenvalue weighted by molar-refractivity contribution is 5.95. The van der Waals surface area contributed by atoms with Gasteiger partial charge in [-0.25, -0.2) is 0 Å². The summed E-state index contributed by atoms with van der Waals surface area (Å²) in [6.07, 6.45) is 0. The molecule has 0 saturated carbocycles. The van der Waals surface area contributed by atoms with Gasteiger partial charge in [-0.3, -0.25) is 10.2 Å². The fourth-order valence-corrected chi connectivity index (χ4v) is 3.99. The van der Waals surface area contributed by atoms with Gasteiger partial charge >= 0.3 is 0 Å². The first-order valence-electron chi connectivity index (χ1n) is 11.5. The van der Waals surface area contributed by atoms with Gasteiger partial charge in [-0.15, -0.1) is 0 Å². The number of amides is 1. The number of anilines is 1. The summed E-state index contributed by atoms with van der Waals surface area (Å²) in [4.78, 5) is 14.8. The third-order valence-corrected chi connectivity index (χ3v) is 5.82. The Morgan fingerprint density at radius 2 is 1.47 bits per heavy atom. The molecule has 0 aliphatic carbocycles. The second kappa shape index (κ2) is 11.1. The Morgan fingerprint density at radius 3 is 2.06 bits per heavy atom. The molecule has 182 valence electrons. The van der Waals surface area contributed by atoms with E-state index in [-0.39, 0.29) is 23.9 Å². The molecule has 0 aromatic heterocycles. The Morgan fingerprint density at radius 1 is 0.861 bits per heavy atom. The van der Waals surface area contributed by atoms with Gasteiger partial charge in [-0.05, 0) is 53.1 Å². The van der Waals surface area contributed by atoms with Crippen LogP contribution in [0.25, 0.3) is 0 Å². The van der Waals surface area contributed by atoms with Crippen molar-refractivity contribution in [3.05, 3.63) is 125 Å². The predicted molar refractivity (Wildman–Crippen MR) is 141 cm³/mol. The van der Waals surface area contributed by atoms with Crippen molar-refractivity contribution >= 4 is 17.4 Å². The summed E-state index contributed by atoms with van der Waals surface area (Å²) in [5.41, 5.74) is 15.4. The number of hydrogen-bond donors (Lipinski definition) is 4. The molecule has 0 saturated heterocycles. The van der Waals surface area contributed by atoms with Gasteiger partial charge in [0.1, 0.15) is 18.5 Å². The Hall–Kier alpha value is -4.78. The van der Waals surface area contributed by atoms with Crippen LogP contribution in [0.5, 0.6) is 11.5 Å². The summed E-state index contributed by atoms with van der Waals surface area (Å²) in [7, 11) is 0. The summed E-state index contributed by atoms with van der Waals surface area (Å²) in [5, 5.41) is 18.1. The molecule has 0 fully saturated rings. The fraction of sp³-hybridized carbons (Fsp3) is 0.103. The zero-order valence-electron chi connectivity index (χ0n) is 19.7. The molecule has 1 amide bonds. The van der Waals surface area contributed by atoms with Crippen molar-refractivity contribution in [3.63, 3.8) is 0 Å². The number of hydrogen-bond acceptors (Lipinski definition) is 5. The maximum Gasteiger partial charge on any atom is 0.244 e. The summed E-state index contributed by atoms with van der Waals surface area (Å²) < 4.78 is 5.88. The average molecular weight is 481 g/mol. The van der Waals surface area contributed by atoms with E-state index in [0.29, 0.717) is 17.7 Å². The first-order valence-corrected chi connectivity index (χ1v) is 11.5. The highest BCUT2D eigenvalue weighted by Crippen LogP contribution is 2.35. The molecule has 4 rings (SSSR count). The predicted octanol–water partition coefficient (Wildman–Crippen LogP) is 4.49. The van der Waals surface area contributed by atoms with Crippen LogP contribution in [-0.4, -0.2) is 16.8 Å². The number of ether oxygens (including phenoxy) is 1. The number of aromatic hydroxyl groups is 1. The fourth-order valence-electron chi connectivity index (χ4n) is 3.99. The van der Waals surface area contributed by atoms with Crippen molar-refractivity contribution in [1.29, 1.82) is 5.41 Å². The van der Waals surface area contributed by atoms with Crippen molar-refractivity contribution in [2.24, 2.45) is 11.5 Å². The van der Waals surface area contributed by atoms with Crippen molar-refractivity contribution in [3.8, 4) is 11.5 Å². The molecule has 0 heterocycles. The van der Waals surface area contributed by atoms with Gasteiger partial charge < -0.3 is 26.2 Å². The summed E-state index contributed by atoms with van der Waals surface area (Å²) in [6.45, 7) is 0.661. The number of nitrogen functional groups attached to an aromatic ring is 1. The third-order valence-electron chi connectivity index (χ3n) is 5.82. The van der Waals surface area contributed by atoms with Crippen LogP contribution in [0, 0.1) is 5.41 Å². The summed E-state index contributed by atoms with van der Waals surface area (Å²) in [6, 6.07) is 30.4. The molecular weight excluding hydrogens is 452 g/mol. The van der Waals surface area contributed by atoms with E-state index in [4.69, 9.17) is 21.6 Å². The van der Waals surface area contributed by atoms with E-state index in [1.165, 1.54) is 6.07 Å². The number of phenolic OH excluding ortho intramolecular Hbond substituents is 1. The van der Waals surface area contributed by atoms with Gasteiger partial charge in [0.2, 0.25) is 5.91 Å². The molecular formula is C29H28N4O3. The lowest BCUT2D eigenvalue weighted by Crippen LogP contribution is -2.37. The molecule has 4 aromatic carbocycles. The van der Waals surface area contributed by atoms with E-state index >= 15 is 0 Å². The standard InChI is InChI=1S/C29H28N4O3/c30-28(31)22-11-14-24(15-12-22)33(18-20-7-3-1-4-8-20)27(29(32)35)23-13-16-25(34)26(17-23)36-19-21-9-5-2-6-10-21/h1-17,27,34H,18-19H2,(H3,30,31)(H2,32,35). The van der Waals surface area contributed by atoms with Crippen LogP contribution < -0.4 is 21.1 Å². The highest BCUT2D eigenvalue weighted by Gasteiger charge is 2.27. The number of primary amides is 1. The average Bonchev–Trinajstić information content (AvgIpc) is 2.89. The molecule has 7 nitrogen and oxygen atoms in total. The lowest BCUT2D eigenvalue weighted by Gasteiger charge is -2.32. The second-order valence-electron chi connectivity index (χ2n) is 8.38. The highest BCUT2D eigenvalue weighted by atomic mass is 16.5. The molecule has 0 aliphatic rings. The van der Waals surface area contributed by atoms with E-state index in [1.54, 1.807) is 24.3 Å². The molecule has 1 atom stereocenters. The van der Waals surface area contributed by atoms with E-state index in [2.05, 4.69) is 0 Å². The van der Waals surface area contributed by atoms with Gasteiger partial charge in [0.05, 0.1) is 0 Å². The molecule has 4 aromatic rings. The van der Waals surface area contributed by atoms with Crippen LogP contribution in [-0.2, 0) is 17.9 Å². The number of carbonyl (C=O) groups is 1. The normalized spacial score (nSPS) is 11.4. The van der Waals surface area contributed by atoms with Crippen molar-refractivity contribution in [2.45, 2.75) is 19.2 Å². The monoisotopic (exact) mass is 480 g/mol. The number of amidine groups is 1. The van der Waals surface area contributed by atoms with Crippen LogP contribution in [0.15, 0.2) is 103 Å². The maximum absolute atomic E-state index is 12.9. The quantitative estimate of drug-likeness (QED) is 0.197. The Bertz CT molecular complexity index is 1330. The smallest absolute Gasteiger partial charge is 0.244 e. The van der Waals surface area contributed by atoms with Crippen LogP contribution in [0.1, 0.15) is 28.3 Å². The number of benzene rings is 4. The van der Waals surface area contributed by atoms with Crippen molar-refractivity contribution < 1.29 is 14.6 Å². The lowest BCUT2D eigenvalue weighted by molar-refractivity contribution is -0.119. The molecule has 6 N–H and O–H groups in total. The van der Waals surface area contributed by atoms with E-state index < -0.39 is 11.9 Å². The van der Waals surface area contributed by atoms with Crippen molar-refractivity contribution in [2.75, 3.05) is 4.90 Å². The largest absolute Gasteiger partial charge is 0.504 e. The minimum Gasteiger partial charge on any atom is -0.504 e. The zero-order valence-corrected chi connectivity index (χ0v) is 19.7. The van der Waals surface area contributed by atoms with Crippen LogP contribution in [0.3, 0.4) is 0 Å². The number of phenols is 1. The van der Waals surface area contributed by atoms with Gasteiger partial charge in [-0.1, -0.05) is 66.7 Å². The van der Waals surface area contributed by atoms with E-state index in [1.807, 2.05) is 77.7 Å². The van der Waals surface area contributed by atoms with Crippen LogP contribution in [0.4, 0.5) is 5.69 Å². The SMILES string of the molecule is N=C(N)c1ccc(N(Cc2ccccc2)C(C(N)=O)c2ccc(O)c(OCc3ccccc3)c2)cc1. The van der Waals surface area contributed by atoms with Gasteiger partial charge in [0.25, 0.3) is 0 Å². The van der Waals surface area contributed by atoms with Gasteiger partial charge in [-0.2, -0.15) is 0 Å². The van der Waals surface area contributed by atoms with E-state index in [9.17, 15) is 9.90 Å². The minimum absolute atomic E-state index is 0.0293. The lowest BCUT2D eigenvalue weighted by atomic mass is 10.0. The topological polar surface area (TPSA) is 126 Å². The molecule has 0 radical (unpaired) electrons. The first kappa shape index (κ1) is 24.3. The van der Waals surface area contributed by atoms with Crippen molar-refractivity contribution in [1.82, 2.24) is 0 Å². The molecule has 7 heteroatoms. The molecule has 1 unspecified atom stereocenters. The Balaban J connectivity index is 1.71. The summed E-state index contributed by atoms with van der Waals surface area (Å²) >= 11 is 0. The number of nitrogens with zero attached hydrogens (tertiary/aromatic N) is 1. The first-order chi connectivity index (χ1) is 17.4. The molecule has 0 aliphatic heterocycles. The number of rotatable bonds is 10. The molecule has 0 spiro atoms. The summed E-state index contributed by atoms with van der Waals surface area (Å²) in [5.74, 6) is -0.366. The van der Waals surface area contributed by atoms with Crippen LogP contribution >= 0.6 is 0 Å². The third kappa shape index (κ3) is 5.82. The maximum atomic E-state index is 12.9. The number of nitrogens with two attached hydrogens (primary N) is 2. The number of carbonyl (C=O) groups excluding carboxylic acids is 1. The Kier molecular flexibility index (Phi) is 7.51. The Labute approximate surface area is 210 Å². The van der Waals surface area contributed by atoms with Gasteiger partial charge in [0, 0.05) is 17.8 Å². The zero-order chi connectivity index (χ0) is 25.5. The molecule has 36 heavy (non-hydrogen) atoms. The number of nitrogens with one attached hydrogen (secondary N) is 1.